The van der Waals surface area contributed by atoms with Crippen molar-refractivity contribution in [3.8, 4) is 11.5 Å². The number of nitrogens with zero attached hydrogens (tertiary/aromatic N) is 2. The molecule has 0 fully saturated rings. The molecule has 0 aliphatic heterocycles. The first-order valence-corrected chi connectivity index (χ1v) is 11.5. The van der Waals surface area contributed by atoms with Crippen molar-refractivity contribution in [2.45, 2.75) is 0 Å². The summed E-state index contributed by atoms with van der Waals surface area (Å²) in [4.78, 5) is 29.8. The number of hydrogen-bond donors (Lipinski definition) is 1. The number of rotatable bonds is 7. The van der Waals surface area contributed by atoms with Crippen LogP contribution in [0, 0.1) is 0 Å². The van der Waals surface area contributed by atoms with Crippen LogP contribution in [0.4, 0.5) is 5.69 Å². The van der Waals surface area contributed by atoms with Gasteiger partial charge in [-0.25, -0.2) is 9.59 Å². The third-order valence-electron chi connectivity index (χ3n) is 5.42. The Labute approximate surface area is 213 Å². The number of anilines is 1. The molecule has 1 N–H and O–H groups in total. The van der Waals surface area contributed by atoms with E-state index in [0.29, 0.717) is 16.7 Å². The quantitative estimate of drug-likeness (QED) is 0.129. The number of ether oxygens (including phenoxy) is 2. The molecular formula is C30H21N3O4. The third kappa shape index (κ3) is 5.68. The van der Waals surface area contributed by atoms with Crippen molar-refractivity contribution in [2.75, 3.05) is 5.43 Å². The Hall–Kier alpha value is -5.30. The lowest BCUT2D eigenvalue weighted by molar-refractivity contribution is 0.0682. The van der Waals surface area contributed by atoms with Crippen molar-refractivity contribution in [3.63, 3.8) is 0 Å². The number of carbonyl (C=O) groups is 2. The van der Waals surface area contributed by atoms with Crippen LogP contribution in [0.3, 0.4) is 0 Å². The van der Waals surface area contributed by atoms with Gasteiger partial charge >= 0.3 is 11.9 Å². The minimum Gasteiger partial charge on any atom is -0.419 e. The highest BCUT2D eigenvalue weighted by atomic mass is 16.6. The Morgan fingerprint density at radius 2 is 1.35 bits per heavy atom. The molecule has 5 rings (SSSR count). The van der Waals surface area contributed by atoms with E-state index in [1.54, 1.807) is 91.3 Å². The average Bonchev–Trinajstić information content (AvgIpc) is 2.95. The lowest BCUT2D eigenvalue weighted by atomic mass is 10.2. The first kappa shape index (κ1) is 23.4. The maximum atomic E-state index is 12.7. The molecule has 7 heteroatoms. The van der Waals surface area contributed by atoms with Crippen molar-refractivity contribution in [1.29, 1.82) is 0 Å². The highest BCUT2D eigenvalue weighted by molar-refractivity contribution is 5.94. The van der Waals surface area contributed by atoms with Gasteiger partial charge < -0.3 is 9.47 Å². The van der Waals surface area contributed by atoms with Gasteiger partial charge in [-0.3, -0.25) is 10.4 Å². The molecule has 0 saturated heterocycles. The van der Waals surface area contributed by atoms with Gasteiger partial charge in [-0.2, -0.15) is 5.10 Å². The van der Waals surface area contributed by atoms with Crippen LogP contribution >= 0.6 is 0 Å². The molecule has 37 heavy (non-hydrogen) atoms. The number of pyridine rings is 1. The Morgan fingerprint density at radius 3 is 2.05 bits per heavy atom. The van der Waals surface area contributed by atoms with Crippen LogP contribution in [-0.4, -0.2) is 23.1 Å². The highest BCUT2D eigenvalue weighted by Crippen LogP contribution is 2.30. The van der Waals surface area contributed by atoms with E-state index in [4.69, 9.17) is 9.47 Å². The molecule has 0 atom stereocenters. The second-order valence-electron chi connectivity index (χ2n) is 7.97. The minimum atomic E-state index is -0.577. The van der Waals surface area contributed by atoms with Crippen LogP contribution in [0.15, 0.2) is 120 Å². The van der Waals surface area contributed by atoms with Crippen molar-refractivity contribution in [2.24, 2.45) is 5.10 Å². The summed E-state index contributed by atoms with van der Waals surface area (Å²) in [7, 11) is 0. The van der Waals surface area contributed by atoms with Gasteiger partial charge in [0.15, 0.2) is 11.5 Å². The first-order valence-electron chi connectivity index (χ1n) is 11.5. The number of benzene rings is 4. The van der Waals surface area contributed by atoms with Gasteiger partial charge in [0.05, 0.1) is 28.5 Å². The van der Waals surface area contributed by atoms with Crippen LogP contribution in [0.5, 0.6) is 11.5 Å². The molecule has 0 aliphatic rings. The Kier molecular flexibility index (Phi) is 6.95. The highest BCUT2D eigenvalue weighted by Gasteiger charge is 2.17. The fourth-order valence-corrected chi connectivity index (χ4v) is 3.61. The van der Waals surface area contributed by atoms with Crippen molar-refractivity contribution in [3.05, 3.63) is 132 Å². The Bertz CT molecular complexity index is 1580. The van der Waals surface area contributed by atoms with Crippen molar-refractivity contribution in [1.82, 2.24) is 4.98 Å². The van der Waals surface area contributed by atoms with E-state index in [2.05, 4.69) is 15.5 Å². The van der Waals surface area contributed by atoms with Gasteiger partial charge in [0.2, 0.25) is 0 Å². The number of para-hydroxylation sites is 1. The maximum absolute atomic E-state index is 12.7. The van der Waals surface area contributed by atoms with Crippen molar-refractivity contribution < 1.29 is 19.1 Å². The van der Waals surface area contributed by atoms with Crippen LogP contribution in [0.1, 0.15) is 26.3 Å². The Morgan fingerprint density at radius 1 is 0.703 bits per heavy atom. The molecule has 5 aromatic rings. The van der Waals surface area contributed by atoms with Gasteiger partial charge in [0, 0.05) is 11.6 Å². The number of fused-ring (bicyclic) bond motifs is 1. The summed E-state index contributed by atoms with van der Waals surface area (Å²) in [5, 5.41) is 5.30. The van der Waals surface area contributed by atoms with E-state index >= 15 is 0 Å². The average molecular weight is 488 g/mol. The molecule has 180 valence electrons. The second kappa shape index (κ2) is 11.0. The normalized spacial score (nSPS) is 10.8. The van der Waals surface area contributed by atoms with E-state index < -0.39 is 11.9 Å². The van der Waals surface area contributed by atoms with Crippen LogP contribution < -0.4 is 14.9 Å². The lowest BCUT2D eigenvalue weighted by Crippen LogP contribution is -2.12. The Balaban J connectivity index is 1.40. The monoisotopic (exact) mass is 487 g/mol. The van der Waals surface area contributed by atoms with Crippen LogP contribution in [0.2, 0.25) is 0 Å². The number of aromatic nitrogens is 1. The summed E-state index contributed by atoms with van der Waals surface area (Å²) < 4.78 is 11.2. The topological polar surface area (TPSA) is 89.9 Å². The van der Waals surface area contributed by atoms with Crippen molar-refractivity contribution >= 4 is 34.7 Å². The van der Waals surface area contributed by atoms with Crippen LogP contribution in [-0.2, 0) is 0 Å². The van der Waals surface area contributed by atoms with Gasteiger partial charge in [0.1, 0.15) is 0 Å². The zero-order valence-corrected chi connectivity index (χ0v) is 19.6. The third-order valence-corrected chi connectivity index (χ3v) is 5.42. The van der Waals surface area contributed by atoms with Gasteiger partial charge in [-0.05, 0) is 60.2 Å². The summed E-state index contributed by atoms with van der Waals surface area (Å²) >= 11 is 0. The maximum Gasteiger partial charge on any atom is 0.343 e. The minimum absolute atomic E-state index is 0.0916. The van der Waals surface area contributed by atoms with Gasteiger partial charge in [-0.15, -0.1) is 0 Å². The predicted octanol–water partition coefficient (Wildman–Crippen LogP) is 6.12. The zero-order valence-electron chi connectivity index (χ0n) is 19.6. The van der Waals surface area contributed by atoms with E-state index in [0.717, 1.165) is 16.6 Å². The fourth-order valence-electron chi connectivity index (χ4n) is 3.61. The van der Waals surface area contributed by atoms with E-state index in [1.807, 2.05) is 30.3 Å². The van der Waals surface area contributed by atoms with E-state index in [1.165, 1.54) is 0 Å². The largest absolute Gasteiger partial charge is 0.419 e. The molecule has 4 aromatic carbocycles. The molecule has 0 saturated carbocycles. The number of hydrazone groups is 1. The molecule has 7 nitrogen and oxygen atoms in total. The molecule has 1 aromatic heterocycles. The predicted molar refractivity (Wildman–Crippen MR) is 142 cm³/mol. The summed E-state index contributed by atoms with van der Waals surface area (Å²) in [5.41, 5.74) is 5.91. The summed E-state index contributed by atoms with van der Waals surface area (Å²) in [6.07, 6.45) is 3.30. The standard InChI is InChI=1S/C30H21N3O4/c34-29(23-9-3-1-4-10-23)36-26-17-16-21(19-27(26)37-30(35)24-11-5-2-6-12-24)20-32-33-25-15-7-13-22-14-8-18-31-28(22)25/h1-20,33H. The number of hydrogen-bond acceptors (Lipinski definition) is 7. The first-order chi connectivity index (χ1) is 18.2. The SMILES string of the molecule is O=C(Oc1ccc(C=NNc2cccc3cccnc23)cc1OC(=O)c1ccccc1)c1ccccc1. The van der Waals surface area contributed by atoms with Crippen LogP contribution in [0.25, 0.3) is 10.9 Å². The fraction of sp³-hybridized carbons (Fsp3) is 0. The summed E-state index contributed by atoms with van der Waals surface area (Å²) in [5.74, 6) is -0.939. The molecule has 0 amide bonds. The molecule has 0 unspecified atom stereocenters. The number of nitrogens with one attached hydrogen (secondary N) is 1. The smallest absolute Gasteiger partial charge is 0.343 e. The molecule has 0 aliphatic carbocycles. The zero-order chi connectivity index (χ0) is 25.5. The number of carbonyl (C=O) groups excluding carboxylic acids is 2. The molecule has 0 radical (unpaired) electrons. The van der Waals surface area contributed by atoms with E-state index in [-0.39, 0.29) is 11.5 Å². The van der Waals surface area contributed by atoms with Gasteiger partial charge in [-0.1, -0.05) is 54.6 Å². The molecule has 0 spiro atoms. The summed E-state index contributed by atoms with van der Waals surface area (Å²) in [6.45, 7) is 0. The lowest BCUT2D eigenvalue weighted by Gasteiger charge is -2.11. The number of esters is 2. The van der Waals surface area contributed by atoms with Gasteiger partial charge in [0.25, 0.3) is 0 Å². The second-order valence-corrected chi connectivity index (χ2v) is 7.97. The summed E-state index contributed by atoms with van der Waals surface area (Å²) in [6, 6.07) is 31.6. The molecular weight excluding hydrogens is 466 g/mol. The molecule has 0 bridgehead atoms. The van der Waals surface area contributed by atoms with E-state index in [9.17, 15) is 9.59 Å². The molecule has 1 heterocycles.